The molecule has 3 saturated heterocycles. The van der Waals surface area contributed by atoms with Gasteiger partial charge in [-0.05, 0) is 62.2 Å². The van der Waals surface area contributed by atoms with E-state index in [1.807, 2.05) is 54.6 Å². The Bertz CT molecular complexity index is 1700. The molecular weight excluding hydrogens is 498 g/mol. The Balaban J connectivity index is 1.48. The first-order chi connectivity index (χ1) is 18.6. The third-order valence-electron chi connectivity index (χ3n) is 8.11. The number of para-hydroxylation sites is 3. The SMILES string of the molecule is COc1ccccc1-c1cc2c(N[C@H]3CN4CCC3CC4)c(-c3nc4ccccc4[nH]3)c(=O)[nH]c2cc1Cl. The summed E-state index contributed by atoms with van der Waals surface area (Å²) in [5.41, 5.74) is 5.23. The molecule has 3 N–H and O–H groups in total. The highest BCUT2D eigenvalue weighted by Gasteiger charge is 2.35. The van der Waals surface area contributed by atoms with E-state index in [-0.39, 0.29) is 11.6 Å². The number of nitrogens with zero attached hydrogens (tertiary/aromatic N) is 2. The van der Waals surface area contributed by atoms with Crippen molar-refractivity contribution in [2.75, 3.05) is 32.1 Å². The molecule has 38 heavy (non-hydrogen) atoms. The van der Waals surface area contributed by atoms with E-state index in [0.717, 1.165) is 71.5 Å². The summed E-state index contributed by atoms with van der Waals surface area (Å²) in [6.07, 6.45) is 2.33. The number of anilines is 1. The van der Waals surface area contributed by atoms with Crippen molar-refractivity contribution in [2.24, 2.45) is 5.92 Å². The molecule has 3 aliphatic rings. The number of imidazole rings is 1. The maximum Gasteiger partial charge on any atom is 0.261 e. The Morgan fingerprint density at radius 3 is 2.55 bits per heavy atom. The second kappa shape index (κ2) is 9.19. The standard InChI is InChI=1S/C30H28ClN5O2/c1-38-26-9-5-2-6-18(26)19-14-20-24(15-21(19)31)35-30(37)27(29-33-22-7-3-4-8-23(22)34-29)28(20)32-25-16-36-12-10-17(25)11-13-36/h2-9,14-15,17,25H,10-13,16H2,1H3,(H,33,34)(H2,32,35,37)/t25-/m0/s1. The molecule has 5 aromatic rings. The van der Waals surface area contributed by atoms with E-state index >= 15 is 0 Å². The van der Waals surface area contributed by atoms with Crippen LogP contribution in [0.4, 0.5) is 5.69 Å². The molecule has 3 aromatic carbocycles. The number of rotatable bonds is 5. The number of nitrogens with one attached hydrogen (secondary N) is 3. The van der Waals surface area contributed by atoms with Gasteiger partial charge in [0.2, 0.25) is 0 Å². The van der Waals surface area contributed by atoms with Gasteiger partial charge in [0, 0.05) is 29.1 Å². The van der Waals surface area contributed by atoms with Gasteiger partial charge < -0.3 is 24.9 Å². The molecule has 1 atom stereocenters. The van der Waals surface area contributed by atoms with Crippen molar-refractivity contribution in [3.05, 3.63) is 76.0 Å². The van der Waals surface area contributed by atoms with Gasteiger partial charge in [-0.2, -0.15) is 0 Å². The average molecular weight is 526 g/mol. The fourth-order valence-electron chi connectivity index (χ4n) is 6.15. The highest BCUT2D eigenvalue weighted by Crippen LogP contribution is 2.41. The molecule has 0 spiro atoms. The van der Waals surface area contributed by atoms with Crippen LogP contribution in [-0.2, 0) is 0 Å². The van der Waals surface area contributed by atoms with Gasteiger partial charge in [0.1, 0.15) is 17.1 Å². The molecular formula is C30H28ClN5O2. The van der Waals surface area contributed by atoms with Crippen molar-refractivity contribution in [3.8, 4) is 28.3 Å². The zero-order valence-electron chi connectivity index (χ0n) is 21.1. The molecule has 0 unspecified atom stereocenters. The third kappa shape index (κ3) is 3.85. The molecule has 0 amide bonds. The minimum absolute atomic E-state index is 0.207. The van der Waals surface area contributed by atoms with Gasteiger partial charge in [-0.3, -0.25) is 4.79 Å². The average Bonchev–Trinajstić information content (AvgIpc) is 3.37. The first-order valence-corrected chi connectivity index (χ1v) is 13.4. The van der Waals surface area contributed by atoms with Crippen molar-refractivity contribution in [1.29, 1.82) is 0 Å². The summed E-state index contributed by atoms with van der Waals surface area (Å²) >= 11 is 6.80. The van der Waals surface area contributed by atoms with E-state index in [9.17, 15) is 4.79 Å². The Hall–Kier alpha value is -3.81. The van der Waals surface area contributed by atoms with Crippen LogP contribution in [0.5, 0.6) is 5.75 Å². The topological polar surface area (TPSA) is 86.0 Å². The number of H-pyrrole nitrogens is 2. The fourth-order valence-corrected chi connectivity index (χ4v) is 6.42. The van der Waals surface area contributed by atoms with Crippen LogP contribution >= 0.6 is 11.6 Å². The summed E-state index contributed by atoms with van der Waals surface area (Å²) in [5.74, 6) is 1.85. The van der Waals surface area contributed by atoms with Gasteiger partial charge in [-0.25, -0.2) is 4.98 Å². The Morgan fingerprint density at radius 1 is 1.00 bits per heavy atom. The lowest BCUT2D eigenvalue weighted by Crippen LogP contribution is -2.53. The zero-order valence-corrected chi connectivity index (χ0v) is 21.8. The molecule has 0 radical (unpaired) electrons. The van der Waals surface area contributed by atoms with Crippen molar-refractivity contribution in [3.63, 3.8) is 0 Å². The zero-order chi connectivity index (χ0) is 25.8. The minimum Gasteiger partial charge on any atom is -0.496 e. The predicted octanol–water partition coefficient (Wildman–Crippen LogP) is 5.91. The summed E-state index contributed by atoms with van der Waals surface area (Å²) in [6.45, 7) is 3.25. The van der Waals surface area contributed by atoms with Crippen LogP contribution in [-0.4, -0.2) is 52.6 Å². The summed E-state index contributed by atoms with van der Waals surface area (Å²) in [6, 6.07) is 19.8. The Kier molecular flexibility index (Phi) is 5.64. The summed E-state index contributed by atoms with van der Waals surface area (Å²) in [4.78, 5) is 27.4. The molecule has 2 aromatic heterocycles. The number of ether oxygens (including phenoxy) is 1. The van der Waals surface area contributed by atoms with E-state index in [1.54, 1.807) is 7.11 Å². The number of aromatic amines is 2. The van der Waals surface area contributed by atoms with Crippen molar-refractivity contribution in [1.82, 2.24) is 19.9 Å². The lowest BCUT2D eigenvalue weighted by molar-refractivity contribution is 0.0976. The van der Waals surface area contributed by atoms with E-state index in [2.05, 4.69) is 26.3 Å². The van der Waals surface area contributed by atoms with Gasteiger partial charge in [0.25, 0.3) is 5.56 Å². The highest BCUT2D eigenvalue weighted by molar-refractivity contribution is 6.34. The number of hydrogen-bond donors (Lipinski definition) is 3. The van der Waals surface area contributed by atoms with Gasteiger partial charge in [0.05, 0.1) is 34.4 Å². The first kappa shape index (κ1) is 23.3. The van der Waals surface area contributed by atoms with Gasteiger partial charge in [0.15, 0.2) is 0 Å². The van der Waals surface area contributed by atoms with Gasteiger partial charge >= 0.3 is 0 Å². The van der Waals surface area contributed by atoms with E-state index in [0.29, 0.717) is 27.8 Å². The van der Waals surface area contributed by atoms with Crippen LogP contribution < -0.4 is 15.6 Å². The maximum absolute atomic E-state index is 13.7. The molecule has 3 fully saturated rings. The number of piperidine rings is 3. The molecule has 3 aliphatic heterocycles. The lowest BCUT2D eigenvalue weighted by atomic mass is 9.83. The van der Waals surface area contributed by atoms with E-state index in [1.165, 1.54) is 0 Å². The Morgan fingerprint density at radius 2 is 1.79 bits per heavy atom. The number of halogens is 1. The van der Waals surface area contributed by atoms with E-state index in [4.69, 9.17) is 21.3 Å². The number of methoxy groups -OCH3 is 1. The highest BCUT2D eigenvalue weighted by atomic mass is 35.5. The smallest absolute Gasteiger partial charge is 0.261 e. The molecule has 5 heterocycles. The van der Waals surface area contributed by atoms with Crippen LogP contribution in [0, 0.1) is 5.92 Å². The summed E-state index contributed by atoms with van der Waals surface area (Å²) in [5, 5.41) is 5.27. The molecule has 192 valence electrons. The van der Waals surface area contributed by atoms with Crippen molar-refractivity contribution < 1.29 is 4.74 Å². The monoisotopic (exact) mass is 525 g/mol. The third-order valence-corrected chi connectivity index (χ3v) is 8.42. The largest absolute Gasteiger partial charge is 0.496 e. The molecule has 8 heteroatoms. The molecule has 0 aliphatic carbocycles. The van der Waals surface area contributed by atoms with Crippen LogP contribution in [0.2, 0.25) is 5.02 Å². The summed E-state index contributed by atoms with van der Waals surface area (Å²) in [7, 11) is 1.66. The summed E-state index contributed by atoms with van der Waals surface area (Å²) < 4.78 is 5.65. The number of aromatic nitrogens is 3. The van der Waals surface area contributed by atoms with Crippen molar-refractivity contribution in [2.45, 2.75) is 18.9 Å². The van der Waals surface area contributed by atoms with Crippen LogP contribution in [0.25, 0.3) is 44.5 Å². The number of hydrogen-bond acceptors (Lipinski definition) is 5. The van der Waals surface area contributed by atoms with Crippen LogP contribution in [0.15, 0.2) is 65.5 Å². The van der Waals surface area contributed by atoms with Gasteiger partial charge in [-0.1, -0.05) is 41.9 Å². The molecule has 8 rings (SSSR count). The molecule has 7 nitrogen and oxygen atoms in total. The molecule has 2 bridgehead atoms. The molecule has 0 saturated carbocycles. The number of fused-ring (bicyclic) bond motifs is 5. The lowest BCUT2D eigenvalue weighted by Gasteiger charge is -2.45. The Labute approximate surface area is 224 Å². The maximum atomic E-state index is 13.7. The first-order valence-electron chi connectivity index (χ1n) is 13.1. The second-order valence-electron chi connectivity index (χ2n) is 10.3. The predicted molar refractivity (Wildman–Crippen MR) is 153 cm³/mol. The number of benzene rings is 3. The minimum atomic E-state index is -0.207. The number of pyridine rings is 1. The van der Waals surface area contributed by atoms with Crippen LogP contribution in [0.3, 0.4) is 0 Å². The quantitative estimate of drug-likeness (QED) is 0.266. The second-order valence-corrected chi connectivity index (χ2v) is 10.7. The normalized spacial score (nSPS) is 20.7. The van der Waals surface area contributed by atoms with Crippen LogP contribution in [0.1, 0.15) is 12.8 Å². The van der Waals surface area contributed by atoms with Crippen molar-refractivity contribution >= 4 is 39.2 Å². The fraction of sp³-hybridized carbons (Fsp3) is 0.267. The van der Waals surface area contributed by atoms with Gasteiger partial charge in [-0.15, -0.1) is 0 Å². The van der Waals surface area contributed by atoms with E-state index < -0.39 is 0 Å².